The fourth-order valence-corrected chi connectivity index (χ4v) is 3.28. The zero-order valence-corrected chi connectivity index (χ0v) is 15.6. The number of benzene rings is 2. The monoisotopic (exact) mass is 353 g/mol. The second kappa shape index (κ2) is 8.75. The molecule has 2 aromatic carbocycles. The van der Waals surface area contributed by atoms with E-state index in [1.807, 2.05) is 50.2 Å². The van der Waals surface area contributed by atoms with E-state index >= 15 is 0 Å². The molecule has 0 atom stereocenters. The molecule has 3 rings (SSSR count). The second-order valence-electron chi connectivity index (χ2n) is 6.98. The molecule has 0 bridgehead atoms. The van der Waals surface area contributed by atoms with Crippen molar-refractivity contribution < 1.29 is 14.3 Å². The van der Waals surface area contributed by atoms with Gasteiger partial charge in [-0.1, -0.05) is 24.3 Å². The van der Waals surface area contributed by atoms with Crippen LogP contribution in [0.4, 0.5) is 0 Å². The zero-order chi connectivity index (χ0) is 18.4. The van der Waals surface area contributed by atoms with Gasteiger partial charge in [0.1, 0.15) is 11.5 Å². The van der Waals surface area contributed by atoms with Crippen LogP contribution in [0.3, 0.4) is 0 Å². The van der Waals surface area contributed by atoms with Crippen molar-refractivity contribution in [2.24, 2.45) is 0 Å². The Morgan fingerprint density at radius 3 is 2.77 bits per heavy atom. The number of aryl methyl sites for hydroxylation is 1. The SMILES string of the molecule is CC(C)Oc1cccc(CNC(=O)COc2cccc3c2CCCC3)c1. The Bertz CT molecular complexity index is 755. The summed E-state index contributed by atoms with van der Waals surface area (Å²) in [5, 5.41) is 2.91. The molecule has 0 aliphatic heterocycles. The van der Waals surface area contributed by atoms with Gasteiger partial charge >= 0.3 is 0 Å². The van der Waals surface area contributed by atoms with Gasteiger partial charge in [-0.3, -0.25) is 4.79 Å². The number of hydrogen-bond donors (Lipinski definition) is 1. The number of hydrogen-bond acceptors (Lipinski definition) is 3. The van der Waals surface area contributed by atoms with Gasteiger partial charge in [-0.05, 0) is 74.4 Å². The molecule has 1 N–H and O–H groups in total. The first-order valence-corrected chi connectivity index (χ1v) is 9.37. The number of ether oxygens (including phenoxy) is 2. The predicted molar refractivity (Wildman–Crippen MR) is 103 cm³/mol. The topological polar surface area (TPSA) is 47.6 Å². The van der Waals surface area contributed by atoms with Crippen molar-refractivity contribution in [2.75, 3.05) is 6.61 Å². The van der Waals surface area contributed by atoms with Gasteiger partial charge in [0.05, 0.1) is 6.10 Å². The van der Waals surface area contributed by atoms with Crippen molar-refractivity contribution in [3.63, 3.8) is 0 Å². The first kappa shape index (κ1) is 18.3. The lowest BCUT2D eigenvalue weighted by Gasteiger charge is -2.19. The molecular weight excluding hydrogens is 326 g/mol. The van der Waals surface area contributed by atoms with E-state index in [-0.39, 0.29) is 18.6 Å². The normalized spacial score (nSPS) is 13.2. The van der Waals surface area contributed by atoms with Crippen molar-refractivity contribution in [1.29, 1.82) is 0 Å². The summed E-state index contributed by atoms with van der Waals surface area (Å²) in [5.41, 5.74) is 3.63. The highest BCUT2D eigenvalue weighted by Gasteiger charge is 2.14. The largest absolute Gasteiger partial charge is 0.491 e. The smallest absolute Gasteiger partial charge is 0.258 e. The van der Waals surface area contributed by atoms with E-state index in [1.54, 1.807) is 0 Å². The standard InChI is InChI=1S/C22H27NO3/c1-16(2)26-19-10-5-7-17(13-19)14-23-22(24)15-25-21-12-6-9-18-8-3-4-11-20(18)21/h5-7,9-10,12-13,16H,3-4,8,11,14-15H2,1-2H3,(H,23,24). The Hall–Kier alpha value is -2.49. The molecule has 0 spiro atoms. The Morgan fingerprint density at radius 2 is 1.92 bits per heavy atom. The third-order valence-electron chi connectivity index (χ3n) is 4.47. The van der Waals surface area contributed by atoms with Crippen LogP contribution < -0.4 is 14.8 Å². The maximum atomic E-state index is 12.2. The minimum Gasteiger partial charge on any atom is -0.491 e. The molecule has 2 aromatic rings. The van der Waals surface area contributed by atoms with E-state index in [0.717, 1.165) is 29.9 Å². The molecule has 4 heteroatoms. The minimum atomic E-state index is -0.117. The molecule has 0 unspecified atom stereocenters. The predicted octanol–water partition coefficient (Wildman–Crippen LogP) is 4.05. The van der Waals surface area contributed by atoms with Crippen molar-refractivity contribution >= 4 is 5.91 Å². The van der Waals surface area contributed by atoms with Gasteiger partial charge in [0.25, 0.3) is 5.91 Å². The van der Waals surface area contributed by atoms with Crippen LogP contribution in [0.15, 0.2) is 42.5 Å². The molecular formula is C22H27NO3. The maximum Gasteiger partial charge on any atom is 0.258 e. The molecule has 0 saturated heterocycles. The van der Waals surface area contributed by atoms with Crippen LogP contribution in [0, 0.1) is 0 Å². The molecule has 1 amide bonds. The van der Waals surface area contributed by atoms with Crippen LogP contribution in [0.5, 0.6) is 11.5 Å². The summed E-state index contributed by atoms with van der Waals surface area (Å²) < 4.78 is 11.5. The lowest BCUT2D eigenvalue weighted by molar-refractivity contribution is -0.123. The number of rotatable bonds is 7. The number of fused-ring (bicyclic) bond motifs is 1. The summed E-state index contributed by atoms with van der Waals surface area (Å²) in [4.78, 5) is 12.2. The van der Waals surface area contributed by atoms with Crippen LogP contribution in [0.25, 0.3) is 0 Å². The summed E-state index contributed by atoms with van der Waals surface area (Å²) in [6.45, 7) is 4.49. The van der Waals surface area contributed by atoms with Gasteiger partial charge in [0, 0.05) is 6.54 Å². The quantitative estimate of drug-likeness (QED) is 0.817. The highest BCUT2D eigenvalue weighted by molar-refractivity contribution is 5.77. The van der Waals surface area contributed by atoms with Crippen molar-refractivity contribution in [3.05, 3.63) is 59.2 Å². The Kier molecular flexibility index (Phi) is 6.16. The van der Waals surface area contributed by atoms with Gasteiger partial charge in [0.15, 0.2) is 6.61 Å². The average Bonchev–Trinajstić information content (AvgIpc) is 2.64. The van der Waals surface area contributed by atoms with E-state index in [0.29, 0.717) is 6.54 Å². The summed E-state index contributed by atoms with van der Waals surface area (Å²) >= 11 is 0. The summed E-state index contributed by atoms with van der Waals surface area (Å²) in [6.07, 6.45) is 4.69. The Balaban J connectivity index is 1.51. The van der Waals surface area contributed by atoms with Crippen LogP contribution >= 0.6 is 0 Å². The van der Waals surface area contributed by atoms with Crippen molar-refractivity contribution in [3.8, 4) is 11.5 Å². The Labute approximate surface area is 155 Å². The third-order valence-corrected chi connectivity index (χ3v) is 4.47. The van der Waals surface area contributed by atoms with Crippen LogP contribution in [0.2, 0.25) is 0 Å². The van der Waals surface area contributed by atoms with Gasteiger partial charge < -0.3 is 14.8 Å². The highest BCUT2D eigenvalue weighted by atomic mass is 16.5. The molecule has 0 saturated carbocycles. The first-order valence-electron chi connectivity index (χ1n) is 9.37. The average molecular weight is 353 g/mol. The minimum absolute atomic E-state index is 0.0403. The fourth-order valence-electron chi connectivity index (χ4n) is 3.28. The van der Waals surface area contributed by atoms with Crippen molar-refractivity contribution in [2.45, 2.75) is 52.2 Å². The molecule has 4 nitrogen and oxygen atoms in total. The van der Waals surface area contributed by atoms with Crippen molar-refractivity contribution in [1.82, 2.24) is 5.32 Å². The fraction of sp³-hybridized carbons (Fsp3) is 0.409. The van der Waals surface area contributed by atoms with Crippen LogP contribution in [-0.2, 0) is 24.2 Å². The lowest BCUT2D eigenvalue weighted by Crippen LogP contribution is -2.28. The molecule has 0 fully saturated rings. The summed E-state index contributed by atoms with van der Waals surface area (Å²) in [7, 11) is 0. The summed E-state index contributed by atoms with van der Waals surface area (Å²) in [5.74, 6) is 1.55. The maximum absolute atomic E-state index is 12.2. The van der Waals surface area contributed by atoms with E-state index in [1.165, 1.54) is 24.0 Å². The number of carbonyl (C=O) groups excluding carboxylic acids is 1. The number of amides is 1. The number of carbonyl (C=O) groups is 1. The van der Waals surface area contributed by atoms with Gasteiger partial charge in [-0.2, -0.15) is 0 Å². The third kappa shape index (κ3) is 5.01. The molecule has 0 aromatic heterocycles. The van der Waals surface area contributed by atoms with Gasteiger partial charge in [-0.25, -0.2) is 0 Å². The van der Waals surface area contributed by atoms with Gasteiger partial charge in [0.2, 0.25) is 0 Å². The van der Waals surface area contributed by atoms with E-state index in [2.05, 4.69) is 11.4 Å². The zero-order valence-electron chi connectivity index (χ0n) is 15.6. The molecule has 0 heterocycles. The van der Waals surface area contributed by atoms with Gasteiger partial charge in [-0.15, -0.1) is 0 Å². The molecule has 26 heavy (non-hydrogen) atoms. The number of nitrogens with one attached hydrogen (secondary N) is 1. The highest BCUT2D eigenvalue weighted by Crippen LogP contribution is 2.29. The first-order chi connectivity index (χ1) is 12.6. The molecule has 1 aliphatic rings. The van der Waals surface area contributed by atoms with Crippen LogP contribution in [0.1, 0.15) is 43.4 Å². The molecule has 138 valence electrons. The van der Waals surface area contributed by atoms with E-state index in [4.69, 9.17) is 9.47 Å². The van der Waals surface area contributed by atoms with E-state index in [9.17, 15) is 4.79 Å². The van der Waals surface area contributed by atoms with Crippen LogP contribution in [-0.4, -0.2) is 18.6 Å². The second-order valence-corrected chi connectivity index (χ2v) is 6.98. The lowest BCUT2D eigenvalue weighted by atomic mass is 9.91. The molecule has 1 aliphatic carbocycles. The molecule has 0 radical (unpaired) electrons. The Morgan fingerprint density at radius 1 is 1.12 bits per heavy atom. The summed E-state index contributed by atoms with van der Waals surface area (Å²) in [6, 6.07) is 13.9. The van der Waals surface area contributed by atoms with E-state index < -0.39 is 0 Å².